The second-order valence-electron chi connectivity index (χ2n) is 3.65. The van der Waals surface area contributed by atoms with Crippen LogP contribution in [0.3, 0.4) is 0 Å². The highest BCUT2D eigenvalue weighted by atomic mass is 16.5. The lowest BCUT2D eigenvalue weighted by Gasteiger charge is -2.05. The van der Waals surface area contributed by atoms with Gasteiger partial charge in [-0.2, -0.15) is 0 Å². The first-order valence-electron chi connectivity index (χ1n) is 5.32. The molecule has 0 aliphatic rings. The molecule has 2 N–H and O–H groups in total. The molecule has 0 saturated carbocycles. The first-order valence-corrected chi connectivity index (χ1v) is 5.32. The molecular weight excluding hydrogens is 232 g/mol. The van der Waals surface area contributed by atoms with E-state index in [-0.39, 0.29) is 5.91 Å². The van der Waals surface area contributed by atoms with E-state index < -0.39 is 0 Å². The minimum atomic E-state index is -0.309. The molecule has 2 rings (SSSR count). The van der Waals surface area contributed by atoms with Gasteiger partial charge in [0, 0.05) is 23.5 Å². The Balaban J connectivity index is 2.12. The van der Waals surface area contributed by atoms with Gasteiger partial charge in [0.2, 0.25) is 0 Å². The molecule has 1 aromatic heterocycles. The van der Waals surface area contributed by atoms with Crippen molar-refractivity contribution in [1.29, 1.82) is 0 Å². The first-order chi connectivity index (χ1) is 8.72. The number of methoxy groups -OCH3 is 1. The number of anilines is 1. The molecular formula is C13H12N2O3. The van der Waals surface area contributed by atoms with E-state index in [9.17, 15) is 9.59 Å². The molecule has 18 heavy (non-hydrogen) atoms. The molecule has 1 amide bonds. The number of hydrogen-bond acceptors (Lipinski definition) is 3. The number of amides is 1. The lowest BCUT2D eigenvalue weighted by Crippen LogP contribution is -2.12. The van der Waals surface area contributed by atoms with Crippen LogP contribution < -0.4 is 10.1 Å². The number of H-pyrrole nitrogens is 1. The van der Waals surface area contributed by atoms with Crippen molar-refractivity contribution in [2.24, 2.45) is 0 Å². The van der Waals surface area contributed by atoms with Crippen LogP contribution in [0.25, 0.3) is 0 Å². The standard InChI is InChI=1S/C13H12N2O3/c1-18-11-4-2-3-10(6-11)15-13(17)12-5-9(8-16)7-14-12/h2-8,14H,1H3,(H,15,17). The normalized spacial score (nSPS) is 9.83. The Hall–Kier alpha value is -2.56. The Morgan fingerprint density at radius 3 is 2.89 bits per heavy atom. The molecule has 2 aromatic rings. The number of aldehydes is 1. The predicted molar refractivity (Wildman–Crippen MR) is 67.1 cm³/mol. The summed E-state index contributed by atoms with van der Waals surface area (Å²) in [4.78, 5) is 25.1. The van der Waals surface area contributed by atoms with E-state index in [4.69, 9.17) is 4.74 Å². The largest absolute Gasteiger partial charge is 0.497 e. The number of carbonyl (C=O) groups is 2. The van der Waals surface area contributed by atoms with Crippen LogP contribution in [0.5, 0.6) is 5.75 Å². The fourth-order valence-corrected chi connectivity index (χ4v) is 1.51. The van der Waals surface area contributed by atoms with Gasteiger partial charge in [-0.3, -0.25) is 9.59 Å². The summed E-state index contributed by atoms with van der Waals surface area (Å²) < 4.78 is 5.06. The number of ether oxygens (including phenoxy) is 1. The molecule has 92 valence electrons. The highest BCUT2D eigenvalue weighted by Gasteiger charge is 2.08. The smallest absolute Gasteiger partial charge is 0.272 e. The lowest BCUT2D eigenvalue weighted by molar-refractivity contribution is 0.102. The monoisotopic (exact) mass is 244 g/mol. The number of hydrogen-bond donors (Lipinski definition) is 2. The van der Waals surface area contributed by atoms with Crippen LogP contribution in [0.1, 0.15) is 20.8 Å². The van der Waals surface area contributed by atoms with E-state index in [0.29, 0.717) is 29.0 Å². The van der Waals surface area contributed by atoms with Crippen LogP contribution in [0, 0.1) is 0 Å². The van der Waals surface area contributed by atoms with Crippen molar-refractivity contribution in [3.8, 4) is 5.75 Å². The van der Waals surface area contributed by atoms with Gasteiger partial charge < -0.3 is 15.0 Å². The van der Waals surface area contributed by atoms with Crippen molar-refractivity contribution in [2.45, 2.75) is 0 Å². The average molecular weight is 244 g/mol. The molecule has 0 aliphatic carbocycles. The van der Waals surface area contributed by atoms with Crippen LogP contribution in [0.4, 0.5) is 5.69 Å². The summed E-state index contributed by atoms with van der Waals surface area (Å²) in [6, 6.07) is 8.52. The van der Waals surface area contributed by atoms with Gasteiger partial charge in [-0.25, -0.2) is 0 Å². The molecule has 0 unspecified atom stereocenters. The quantitative estimate of drug-likeness (QED) is 0.809. The molecule has 0 aliphatic heterocycles. The summed E-state index contributed by atoms with van der Waals surface area (Å²) in [6.07, 6.45) is 2.16. The number of rotatable bonds is 4. The lowest BCUT2D eigenvalue weighted by atomic mass is 10.3. The highest BCUT2D eigenvalue weighted by Crippen LogP contribution is 2.17. The third kappa shape index (κ3) is 2.57. The van der Waals surface area contributed by atoms with Crippen LogP contribution in [-0.4, -0.2) is 24.3 Å². The second kappa shape index (κ2) is 5.18. The summed E-state index contributed by atoms with van der Waals surface area (Å²) >= 11 is 0. The summed E-state index contributed by atoms with van der Waals surface area (Å²) in [5.41, 5.74) is 1.40. The molecule has 5 nitrogen and oxygen atoms in total. The van der Waals surface area contributed by atoms with Crippen LogP contribution in [0.2, 0.25) is 0 Å². The third-order valence-electron chi connectivity index (χ3n) is 2.41. The Kier molecular flexibility index (Phi) is 3.43. The molecule has 1 heterocycles. The van der Waals surface area contributed by atoms with Gasteiger partial charge in [-0.05, 0) is 18.2 Å². The maximum Gasteiger partial charge on any atom is 0.272 e. The van der Waals surface area contributed by atoms with E-state index in [1.54, 1.807) is 31.4 Å². The maximum atomic E-state index is 11.8. The Labute approximate surface area is 104 Å². The van der Waals surface area contributed by atoms with Crippen molar-refractivity contribution in [3.63, 3.8) is 0 Å². The fourth-order valence-electron chi connectivity index (χ4n) is 1.51. The van der Waals surface area contributed by atoms with Crippen molar-refractivity contribution < 1.29 is 14.3 Å². The van der Waals surface area contributed by atoms with E-state index in [2.05, 4.69) is 10.3 Å². The van der Waals surface area contributed by atoms with Gasteiger partial charge in [0.05, 0.1) is 7.11 Å². The minimum absolute atomic E-state index is 0.309. The van der Waals surface area contributed by atoms with Gasteiger partial charge in [0.25, 0.3) is 5.91 Å². The van der Waals surface area contributed by atoms with Gasteiger partial charge >= 0.3 is 0 Å². The number of aromatic amines is 1. The molecule has 0 fully saturated rings. The van der Waals surface area contributed by atoms with Crippen LogP contribution in [-0.2, 0) is 0 Å². The van der Waals surface area contributed by atoms with E-state index in [1.807, 2.05) is 0 Å². The third-order valence-corrected chi connectivity index (χ3v) is 2.41. The van der Waals surface area contributed by atoms with Crippen molar-refractivity contribution in [1.82, 2.24) is 4.98 Å². The van der Waals surface area contributed by atoms with Crippen LogP contribution in [0.15, 0.2) is 36.5 Å². The van der Waals surface area contributed by atoms with Crippen LogP contribution >= 0.6 is 0 Å². The minimum Gasteiger partial charge on any atom is -0.497 e. The van der Waals surface area contributed by atoms with E-state index in [0.717, 1.165) is 0 Å². The summed E-state index contributed by atoms with van der Waals surface area (Å²) in [6.45, 7) is 0. The number of carbonyl (C=O) groups excluding carboxylic acids is 2. The molecule has 0 saturated heterocycles. The van der Waals surface area contributed by atoms with E-state index in [1.165, 1.54) is 12.3 Å². The van der Waals surface area contributed by atoms with Gasteiger partial charge in [0.15, 0.2) is 6.29 Å². The predicted octanol–water partition coefficient (Wildman–Crippen LogP) is 2.09. The van der Waals surface area contributed by atoms with Crippen molar-refractivity contribution in [2.75, 3.05) is 12.4 Å². The zero-order chi connectivity index (χ0) is 13.0. The molecule has 0 atom stereocenters. The SMILES string of the molecule is COc1cccc(NC(=O)c2cc(C=O)c[nH]2)c1. The second-order valence-corrected chi connectivity index (χ2v) is 3.65. The molecule has 0 spiro atoms. The molecule has 0 radical (unpaired) electrons. The summed E-state index contributed by atoms with van der Waals surface area (Å²) in [5.74, 6) is 0.351. The molecule has 0 bridgehead atoms. The van der Waals surface area contributed by atoms with Crippen molar-refractivity contribution >= 4 is 17.9 Å². The van der Waals surface area contributed by atoms with Crippen molar-refractivity contribution in [3.05, 3.63) is 47.8 Å². The fraction of sp³-hybridized carbons (Fsp3) is 0.0769. The van der Waals surface area contributed by atoms with E-state index >= 15 is 0 Å². The molecule has 5 heteroatoms. The maximum absolute atomic E-state index is 11.8. The average Bonchev–Trinajstić information content (AvgIpc) is 2.88. The molecule has 1 aromatic carbocycles. The van der Waals surface area contributed by atoms with Gasteiger partial charge in [-0.15, -0.1) is 0 Å². The number of aromatic nitrogens is 1. The summed E-state index contributed by atoms with van der Waals surface area (Å²) in [7, 11) is 1.56. The zero-order valence-electron chi connectivity index (χ0n) is 9.77. The number of nitrogens with one attached hydrogen (secondary N) is 2. The first kappa shape index (κ1) is 11.9. The Bertz CT molecular complexity index is 575. The Morgan fingerprint density at radius 1 is 1.39 bits per heavy atom. The van der Waals surface area contributed by atoms with Gasteiger partial charge in [-0.1, -0.05) is 6.07 Å². The topological polar surface area (TPSA) is 71.2 Å². The number of benzene rings is 1. The highest BCUT2D eigenvalue weighted by molar-refractivity contribution is 6.03. The van der Waals surface area contributed by atoms with Gasteiger partial charge in [0.1, 0.15) is 11.4 Å². The Morgan fingerprint density at radius 2 is 2.22 bits per heavy atom. The summed E-state index contributed by atoms with van der Waals surface area (Å²) in [5, 5.41) is 2.70. The zero-order valence-corrected chi connectivity index (χ0v) is 9.77.